The first-order valence-electron chi connectivity index (χ1n) is 7.95. The predicted molar refractivity (Wildman–Crippen MR) is 95.4 cm³/mol. The third kappa shape index (κ3) is 5.04. The molecule has 1 aliphatic heterocycles. The lowest BCUT2D eigenvalue weighted by Gasteiger charge is -2.33. The third-order valence-electron chi connectivity index (χ3n) is 4.20. The van der Waals surface area contributed by atoms with Gasteiger partial charge in [-0.1, -0.05) is 6.07 Å². The molecule has 0 aromatic heterocycles. The molecule has 2 N–H and O–H groups in total. The van der Waals surface area contributed by atoms with E-state index in [0.717, 1.165) is 41.7 Å². The summed E-state index contributed by atoms with van der Waals surface area (Å²) in [4.78, 5) is 25.5. The van der Waals surface area contributed by atoms with Gasteiger partial charge in [-0.2, -0.15) is 0 Å². The number of carbonyl (C=O) groups is 2. The van der Waals surface area contributed by atoms with Gasteiger partial charge in [-0.25, -0.2) is 0 Å². The van der Waals surface area contributed by atoms with Crippen LogP contribution in [-0.4, -0.2) is 41.9 Å². The zero-order valence-corrected chi connectivity index (χ0v) is 15.4. The van der Waals surface area contributed by atoms with E-state index in [4.69, 9.17) is 0 Å². The third-order valence-corrected chi connectivity index (χ3v) is 4.86. The normalized spacial score (nSPS) is 17.0. The number of benzene rings is 1. The fraction of sp³-hybridized carbons (Fsp3) is 0.529. The van der Waals surface area contributed by atoms with Gasteiger partial charge in [0, 0.05) is 30.5 Å². The molecule has 23 heavy (non-hydrogen) atoms. The number of carbonyl (C=O) groups excluding carboxylic acids is 2. The first kappa shape index (κ1) is 17.9. The fourth-order valence-corrected chi connectivity index (χ4v) is 3.35. The molecule has 1 heterocycles. The lowest BCUT2D eigenvalue weighted by Crippen LogP contribution is -2.49. The highest BCUT2D eigenvalue weighted by Crippen LogP contribution is 2.23. The number of hydrogen-bond acceptors (Lipinski definition) is 3. The van der Waals surface area contributed by atoms with Gasteiger partial charge >= 0.3 is 0 Å². The van der Waals surface area contributed by atoms with Crippen LogP contribution in [0.15, 0.2) is 22.7 Å². The zero-order valence-electron chi connectivity index (χ0n) is 13.9. The van der Waals surface area contributed by atoms with Crippen molar-refractivity contribution in [2.45, 2.75) is 45.7 Å². The first-order chi connectivity index (χ1) is 10.9. The molecular formula is C17H24BrN3O2. The van der Waals surface area contributed by atoms with Crippen LogP contribution in [0.4, 0.5) is 5.69 Å². The van der Waals surface area contributed by atoms with E-state index in [1.165, 1.54) is 0 Å². The summed E-state index contributed by atoms with van der Waals surface area (Å²) in [6, 6.07) is 5.83. The minimum atomic E-state index is -0.280. The van der Waals surface area contributed by atoms with E-state index in [1.807, 2.05) is 36.9 Å². The zero-order chi connectivity index (χ0) is 17.0. The quantitative estimate of drug-likeness (QED) is 0.842. The van der Waals surface area contributed by atoms with Crippen LogP contribution < -0.4 is 10.6 Å². The Balaban J connectivity index is 1.85. The Morgan fingerprint density at radius 3 is 2.52 bits per heavy atom. The number of piperidine rings is 1. The number of nitrogens with zero attached hydrogens (tertiary/aromatic N) is 1. The lowest BCUT2D eigenvalue weighted by atomic mass is 10.0. The van der Waals surface area contributed by atoms with Crippen LogP contribution in [0.3, 0.4) is 0 Å². The van der Waals surface area contributed by atoms with Gasteiger partial charge in [0.25, 0.3) is 0 Å². The largest absolute Gasteiger partial charge is 0.343 e. The maximum atomic E-state index is 12.3. The Bertz CT molecular complexity index is 583. The fourth-order valence-electron chi connectivity index (χ4n) is 2.75. The summed E-state index contributed by atoms with van der Waals surface area (Å²) in [5.41, 5.74) is 1.92. The molecule has 0 spiro atoms. The molecule has 1 aromatic rings. The SMILES string of the molecule is CC(=O)N1CCC(NC(C)C(=O)Nc2ccc(C)cc2Br)CC1. The summed E-state index contributed by atoms with van der Waals surface area (Å²) in [5.74, 6) is 0.0713. The van der Waals surface area contributed by atoms with Crippen molar-refractivity contribution >= 4 is 33.4 Å². The molecule has 5 nitrogen and oxygen atoms in total. The van der Waals surface area contributed by atoms with E-state index >= 15 is 0 Å². The molecule has 0 radical (unpaired) electrons. The van der Waals surface area contributed by atoms with Crippen LogP contribution in [0.5, 0.6) is 0 Å². The van der Waals surface area contributed by atoms with Gasteiger partial charge in [-0.15, -0.1) is 0 Å². The van der Waals surface area contributed by atoms with Gasteiger partial charge in [0.1, 0.15) is 0 Å². The van der Waals surface area contributed by atoms with Gasteiger partial charge in [0.2, 0.25) is 11.8 Å². The Kier molecular flexibility index (Phi) is 6.18. The molecule has 126 valence electrons. The first-order valence-corrected chi connectivity index (χ1v) is 8.74. The molecule has 0 bridgehead atoms. The molecule has 2 rings (SSSR count). The maximum Gasteiger partial charge on any atom is 0.241 e. The van der Waals surface area contributed by atoms with Crippen LogP contribution in [-0.2, 0) is 9.59 Å². The Morgan fingerprint density at radius 1 is 1.30 bits per heavy atom. The molecule has 1 atom stereocenters. The molecule has 1 fully saturated rings. The highest BCUT2D eigenvalue weighted by atomic mass is 79.9. The summed E-state index contributed by atoms with van der Waals surface area (Å²) in [5, 5.41) is 6.30. The number of hydrogen-bond donors (Lipinski definition) is 2. The van der Waals surface area contributed by atoms with E-state index in [1.54, 1.807) is 6.92 Å². The molecule has 6 heteroatoms. The van der Waals surface area contributed by atoms with Gasteiger partial charge in [0.15, 0.2) is 0 Å². The Labute approximate surface area is 145 Å². The second-order valence-electron chi connectivity index (χ2n) is 6.14. The second-order valence-corrected chi connectivity index (χ2v) is 7.00. The van der Waals surface area contributed by atoms with Crippen LogP contribution in [0.25, 0.3) is 0 Å². The topological polar surface area (TPSA) is 61.4 Å². The monoisotopic (exact) mass is 381 g/mol. The number of nitrogens with one attached hydrogen (secondary N) is 2. The average Bonchev–Trinajstić information content (AvgIpc) is 2.50. The average molecular weight is 382 g/mol. The van der Waals surface area contributed by atoms with Gasteiger partial charge in [0.05, 0.1) is 11.7 Å². The second kappa shape index (κ2) is 7.93. The lowest BCUT2D eigenvalue weighted by molar-refractivity contribution is -0.130. The summed E-state index contributed by atoms with van der Waals surface area (Å²) < 4.78 is 0.882. The molecular weight excluding hydrogens is 358 g/mol. The number of aryl methyl sites for hydroxylation is 1. The molecule has 0 saturated carbocycles. The summed E-state index contributed by atoms with van der Waals surface area (Å²) >= 11 is 3.47. The van der Waals surface area contributed by atoms with Crippen LogP contribution >= 0.6 is 15.9 Å². The van der Waals surface area contributed by atoms with Crippen molar-refractivity contribution in [3.63, 3.8) is 0 Å². The smallest absolute Gasteiger partial charge is 0.241 e. The van der Waals surface area contributed by atoms with E-state index < -0.39 is 0 Å². The van der Waals surface area contributed by atoms with Crippen LogP contribution in [0.1, 0.15) is 32.3 Å². The van der Waals surface area contributed by atoms with E-state index in [2.05, 4.69) is 26.6 Å². The van der Waals surface area contributed by atoms with Crippen molar-refractivity contribution in [2.75, 3.05) is 18.4 Å². The van der Waals surface area contributed by atoms with Crippen molar-refractivity contribution in [1.82, 2.24) is 10.2 Å². The molecule has 1 aliphatic rings. The van der Waals surface area contributed by atoms with Gasteiger partial charge in [-0.05, 0) is 60.3 Å². The number of halogens is 1. The molecule has 1 aromatic carbocycles. The number of amides is 2. The van der Waals surface area contributed by atoms with Crippen molar-refractivity contribution < 1.29 is 9.59 Å². The van der Waals surface area contributed by atoms with Crippen LogP contribution in [0, 0.1) is 6.92 Å². The maximum absolute atomic E-state index is 12.3. The minimum absolute atomic E-state index is 0.0523. The van der Waals surface area contributed by atoms with Crippen molar-refractivity contribution in [2.24, 2.45) is 0 Å². The predicted octanol–water partition coefficient (Wildman–Crippen LogP) is 2.69. The van der Waals surface area contributed by atoms with Crippen molar-refractivity contribution in [1.29, 1.82) is 0 Å². The highest BCUT2D eigenvalue weighted by Gasteiger charge is 2.24. The number of rotatable bonds is 4. The molecule has 0 aliphatic carbocycles. The van der Waals surface area contributed by atoms with Gasteiger partial charge in [-0.3, -0.25) is 9.59 Å². The summed E-state index contributed by atoms with van der Waals surface area (Å²) in [7, 11) is 0. The van der Waals surface area contributed by atoms with Crippen molar-refractivity contribution in [3.05, 3.63) is 28.2 Å². The molecule has 1 unspecified atom stereocenters. The minimum Gasteiger partial charge on any atom is -0.343 e. The number of anilines is 1. The molecule has 1 saturated heterocycles. The number of likely N-dealkylation sites (tertiary alicyclic amines) is 1. The van der Waals surface area contributed by atoms with Crippen molar-refractivity contribution in [3.8, 4) is 0 Å². The highest BCUT2D eigenvalue weighted by molar-refractivity contribution is 9.10. The van der Waals surface area contributed by atoms with E-state index in [0.29, 0.717) is 0 Å². The molecule has 2 amide bonds. The standard InChI is InChI=1S/C17H24BrN3O2/c1-11-4-5-16(15(18)10-11)20-17(23)12(2)19-14-6-8-21(9-7-14)13(3)22/h4-5,10,12,14,19H,6-9H2,1-3H3,(H,20,23). The van der Waals surface area contributed by atoms with E-state index in [9.17, 15) is 9.59 Å². The Hall–Kier alpha value is -1.40. The van der Waals surface area contributed by atoms with Crippen LogP contribution in [0.2, 0.25) is 0 Å². The Morgan fingerprint density at radius 2 is 1.96 bits per heavy atom. The summed E-state index contributed by atoms with van der Waals surface area (Å²) in [6.07, 6.45) is 1.76. The van der Waals surface area contributed by atoms with Gasteiger partial charge < -0.3 is 15.5 Å². The van der Waals surface area contributed by atoms with E-state index in [-0.39, 0.29) is 23.9 Å². The summed E-state index contributed by atoms with van der Waals surface area (Å²) in [6.45, 7) is 6.99.